The summed E-state index contributed by atoms with van der Waals surface area (Å²) in [6, 6.07) is 1.92. The Morgan fingerprint density at radius 3 is 2.92 bits per heavy atom. The molecular formula is C10H15NO. The van der Waals surface area contributed by atoms with Gasteiger partial charge < -0.3 is 9.67 Å². The second-order valence-corrected chi connectivity index (χ2v) is 2.95. The molecule has 1 N–H and O–H groups in total. The van der Waals surface area contributed by atoms with Crippen LogP contribution < -0.4 is 0 Å². The number of aliphatic hydroxyl groups is 1. The van der Waals surface area contributed by atoms with Crippen molar-refractivity contribution in [3.63, 3.8) is 0 Å². The molecule has 1 rings (SSSR count). The van der Waals surface area contributed by atoms with Crippen LogP contribution >= 0.6 is 0 Å². The second-order valence-electron chi connectivity index (χ2n) is 2.95. The van der Waals surface area contributed by atoms with Gasteiger partial charge in [-0.05, 0) is 18.1 Å². The molecule has 0 aliphatic rings. The Morgan fingerprint density at radius 2 is 2.42 bits per heavy atom. The SMILES string of the molecule is C=C(CC)Cn1ccc(CO)c1. The zero-order valence-corrected chi connectivity index (χ0v) is 7.45. The van der Waals surface area contributed by atoms with Gasteiger partial charge in [-0.1, -0.05) is 19.1 Å². The second kappa shape index (κ2) is 4.12. The van der Waals surface area contributed by atoms with Gasteiger partial charge in [0.1, 0.15) is 0 Å². The van der Waals surface area contributed by atoms with E-state index in [9.17, 15) is 0 Å². The van der Waals surface area contributed by atoms with Crippen molar-refractivity contribution < 1.29 is 5.11 Å². The molecule has 1 aromatic rings. The van der Waals surface area contributed by atoms with Crippen LogP contribution in [0, 0.1) is 0 Å². The van der Waals surface area contributed by atoms with Crippen LogP contribution in [0.15, 0.2) is 30.6 Å². The third-order valence-corrected chi connectivity index (χ3v) is 1.90. The number of aromatic nitrogens is 1. The van der Waals surface area contributed by atoms with E-state index in [0.717, 1.165) is 18.5 Å². The lowest BCUT2D eigenvalue weighted by atomic mass is 10.2. The topological polar surface area (TPSA) is 25.2 Å². The van der Waals surface area contributed by atoms with Gasteiger partial charge in [0, 0.05) is 18.9 Å². The average molecular weight is 165 g/mol. The van der Waals surface area contributed by atoms with Gasteiger partial charge in [-0.3, -0.25) is 0 Å². The van der Waals surface area contributed by atoms with Crippen molar-refractivity contribution in [3.8, 4) is 0 Å². The van der Waals surface area contributed by atoms with Crippen molar-refractivity contribution in [1.29, 1.82) is 0 Å². The highest BCUT2D eigenvalue weighted by Crippen LogP contribution is 2.05. The Morgan fingerprint density at radius 1 is 1.67 bits per heavy atom. The van der Waals surface area contributed by atoms with E-state index >= 15 is 0 Å². The number of hydrogen-bond acceptors (Lipinski definition) is 1. The van der Waals surface area contributed by atoms with Crippen molar-refractivity contribution in [1.82, 2.24) is 4.57 Å². The fourth-order valence-electron chi connectivity index (χ4n) is 1.05. The minimum absolute atomic E-state index is 0.117. The van der Waals surface area contributed by atoms with Crippen molar-refractivity contribution in [3.05, 3.63) is 36.2 Å². The first-order valence-corrected chi connectivity index (χ1v) is 4.18. The highest BCUT2D eigenvalue weighted by Gasteiger charge is 1.95. The van der Waals surface area contributed by atoms with E-state index in [4.69, 9.17) is 5.11 Å². The van der Waals surface area contributed by atoms with E-state index in [0.29, 0.717) is 0 Å². The van der Waals surface area contributed by atoms with Gasteiger partial charge >= 0.3 is 0 Å². The van der Waals surface area contributed by atoms with Gasteiger partial charge in [-0.15, -0.1) is 0 Å². The van der Waals surface area contributed by atoms with Crippen LogP contribution in [-0.4, -0.2) is 9.67 Å². The van der Waals surface area contributed by atoms with Gasteiger partial charge in [0.05, 0.1) is 6.61 Å². The van der Waals surface area contributed by atoms with E-state index in [1.54, 1.807) is 0 Å². The third-order valence-electron chi connectivity index (χ3n) is 1.90. The van der Waals surface area contributed by atoms with Crippen LogP contribution in [0.2, 0.25) is 0 Å². The van der Waals surface area contributed by atoms with E-state index in [1.165, 1.54) is 5.57 Å². The Hall–Kier alpha value is -1.02. The molecule has 0 atom stereocenters. The molecule has 2 nitrogen and oxygen atoms in total. The highest BCUT2D eigenvalue weighted by atomic mass is 16.3. The lowest BCUT2D eigenvalue weighted by Gasteiger charge is -2.02. The third kappa shape index (κ3) is 2.24. The minimum Gasteiger partial charge on any atom is -0.392 e. The lowest BCUT2D eigenvalue weighted by molar-refractivity contribution is 0.281. The fraction of sp³-hybridized carbons (Fsp3) is 0.400. The summed E-state index contributed by atoms with van der Waals surface area (Å²) in [4.78, 5) is 0. The maximum absolute atomic E-state index is 8.81. The summed E-state index contributed by atoms with van der Waals surface area (Å²) in [6.45, 7) is 6.99. The molecule has 0 spiro atoms. The normalized spacial score (nSPS) is 10.2. The molecule has 0 unspecified atom stereocenters. The van der Waals surface area contributed by atoms with Gasteiger partial charge in [-0.2, -0.15) is 0 Å². The van der Waals surface area contributed by atoms with Gasteiger partial charge in [0.15, 0.2) is 0 Å². The molecule has 0 fully saturated rings. The Kier molecular flexibility index (Phi) is 3.11. The molecule has 1 heterocycles. The zero-order valence-electron chi connectivity index (χ0n) is 7.45. The Balaban J connectivity index is 2.58. The summed E-state index contributed by atoms with van der Waals surface area (Å²) >= 11 is 0. The molecule has 1 aromatic heterocycles. The van der Waals surface area contributed by atoms with Crippen LogP contribution in [0.4, 0.5) is 0 Å². The van der Waals surface area contributed by atoms with Crippen molar-refractivity contribution in [2.24, 2.45) is 0 Å². The van der Waals surface area contributed by atoms with E-state index in [1.807, 2.05) is 23.0 Å². The molecule has 0 aliphatic heterocycles. The summed E-state index contributed by atoms with van der Waals surface area (Å²) < 4.78 is 2.04. The number of nitrogens with zero attached hydrogens (tertiary/aromatic N) is 1. The van der Waals surface area contributed by atoms with Crippen LogP contribution in [0.25, 0.3) is 0 Å². The summed E-state index contributed by atoms with van der Waals surface area (Å²) in [6.07, 6.45) is 4.92. The maximum Gasteiger partial charge on any atom is 0.0696 e. The smallest absolute Gasteiger partial charge is 0.0696 e. The van der Waals surface area contributed by atoms with Crippen molar-refractivity contribution in [2.45, 2.75) is 26.5 Å². The maximum atomic E-state index is 8.81. The van der Waals surface area contributed by atoms with E-state index in [2.05, 4.69) is 13.5 Å². The average Bonchev–Trinajstić information content (AvgIpc) is 2.52. The quantitative estimate of drug-likeness (QED) is 0.678. The van der Waals surface area contributed by atoms with Crippen LogP contribution in [-0.2, 0) is 13.2 Å². The predicted molar refractivity (Wildman–Crippen MR) is 49.8 cm³/mol. The van der Waals surface area contributed by atoms with Crippen molar-refractivity contribution in [2.75, 3.05) is 0 Å². The summed E-state index contributed by atoms with van der Waals surface area (Å²) in [7, 11) is 0. The molecule has 66 valence electrons. The summed E-state index contributed by atoms with van der Waals surface area (Å²) in [5, 5.41) is 8.81. The monoisotopic (exact) mass is 165 g/mol. The molecule has 0 aromatic carbocycles. The molecule has 2 heteroatoms. The molecule has 0 radical (unpaired) electrons. The number of aliphatic hydroxyl groups excluding tert-OH is 1. The number of rotatable bonds is 4. The highest BCUT2D eigenvalue weighted by molar-refractivity contribution is 5.10. The molecule has 0 saturated heterocycles. The van der Waals surface area contributed by atoms with Gasteiger partial charge in [0.2, 0.25) is 0 Å². The van der Waals surface area contributed by atoms with E-state index < -0.39 is 0 Å². The van der Waals surface area contributed by atoms with Gasteiger partial charge in [-0.25, -0.2) is 0 Å². The summed E-state index contributed by atoms with van der Waals surface area (Å²) in [5.41, 5.74) is 2.16. The Labute approximate surface area is 73.1 Å². The first-order valence-electron chi connectivity index (χ1n) is 4.18. The molecule has 0 bridgehead atoms. The fourth-order valence-corrected chi connectivity index (χ4v) is 1.05. The zero-order chi connectivity index (χ0) is 8.97. The predicted octanol–water partition coefficient (Wildman–Crippen LogP) is 1.95. The molecule has 0 aliphatic carbocycles. The lowest BCUT2D eigenvalue weighted by Crippen LogP contribution is -1.96. The summed E-state index contributed by atoms with van der Waals surface area (Å²) in [5.74, 6) is 0. The first kappa shape index (κ1) is 9.07. The van der Waals surface area contributed by atoms with Crippen LogP contribution in [0.1, 0.15) is 18.9 Å². The van der Waals surface area contributed by atoms with Gasteiger partial charge in [0.25, 0.3) is 0 Å². The Bertz CT molecular complexity index is 263. The number of hydrogen-bond donors (Lipinski definition) is 1. The number of allylic oxidation sites excluding steroid dienone is 1. The first-order chi connectivity index (χ1) is 5.76. The standard InChI is InChI=1S/C10H15NO/c1-3-9(2)6-11-5-4-10(7-11)8-12/h4-5,7,12H,2-3,6,8H2,1H3. The minimum atomic E-state index is 0.117. The molecule has 12 heavy (non-hydrogen) atoms. The van der Waals surface area contributed by atoms with Crippen molar-refractivity contribution >= 4 is 0 Å². The van der Waals surface area contributed by atoms with E-state index in [-0.39, 0.29) is 6.61 Å². The molecule has 0 saturated carbocycles. The molecular weight excluding hydrogens is 150 g/mol. The molecule has 0 amide bonds. The largest absolute Gasteiger partial charge is 0.392 e. The van der Waals surface area contributed by atoms with Crippen LogP contribution in [0.5, 0.6) is 0 Å². The van der Waals surface area contributed by atoms with Crippen LogP contribution in [0.3, 0.4) is 0 Å².